The van der Waals surface area contributed by atoms with Gasteiger partial charge >= 0.3 is 0 Å². The Kier molecular flexibility index (Phi) is 5.45. The molecule has 1 saturated carbocycles. The molecule has 0 bridgehead atoms. The monoisotopic (exact) mass is 413 g/mol. The Morgan fingerprint density at radius 2 is 2.10 bits per heavy atom. The first-order valence-corrected chi connectivity index (χ1v) is 11.4. The highest BCUT2D eigenvalue weighted by atomic mass is 16.3. The molecule has 0 spiro atoms. The number of rotatable bonds is 5. The lowest BCUT2D eigenvalue weighted by Gasteiger charge is -2.46. The summed E-state index contributed by atoms with van der Waals surface area (Å²) in [5, 5.41) is 3.34. The van der Waals surface area contributed by atoms with Gasteiger partial charge in [0.05, 0.1) is 18.3 Å². The van der Waals surface area contributed by atoms with E-state index in [-0.39, 0.29) is 17.9 Å². The molecule has 2 aromatic heterocycles. The van der Waals surface area contributed by atoms with Crippen LogP contribution in [0.25, 0.3) is 11.1 Å². The molecule has 4 rings (SSSR count). The van der Waals surface area contributed by atoms with Gasteiger partial charge in [-0.2, -0.15) is 0 Å². The van der Waals surface area contributed by atoms with Crippen molar-refractivity contribution >= 4 is 22.9 Å². The van der Waals surface area contributed by atoms with Crippen molar-refractivity contribution in [1.82, 2.24) is 14.8 Å². The summed E-state index contributed by atoms with van der Waals surface area (Å²) in [6, 6.07) is 3.85. The molecule has 30 heavy (non-hydrogen) atoms. The van der Waals surface area contributed by atoms with E-state index in [1.807, 2.05) is 23.6 Å². The van der Waals surface area contributed by atoms with Crippen molar-refractivity contribution in [2.24, 2.45) is 17.8 Å². The summed E-state index contributed by atoms with van der Waals surface area (Å²) in [5.41, 5.74) is 1.25. The summed E-state index contributed by atoms with van der Waals surface area (Å²) >= 11 is 0. The fourth-order valence-electron chi connectivity index (χ4n) is 5.12. The van der Waals surface area contributed by atoms with Crippen LogP contribution in [0.1, 0.15) is 70.8 Å². The van der Waals surface area contributed by atoms with Crippen molar-refractivity contribution in [1.29, 1.82) is 0 Å². The molecule has 6 nitrogen and oxygen atoms in total. The van der Waals surface area contributed by atoms with Gasteiger partial charge in [0.25, 0.3) is 5.91 Å². The van der Waals surface area contributed by atoms with Crippen molar-refractivity contribution < 1.29 is 14.0 Å². The van der Waals surface area contributed by atoms with Crippen molar-refractivity contribution in [3.8, 4) is 0 Å². The SMILES string of the molecule is CC(C)CCN1C(=O)c2cc3occc3n2C[C@]1(C)C(=O)N[C@@H]1CCC[C@H](C)[C@H]1C. The van der Waals surface area contributed by atoms with Crippen LogP contribution >= 0.6 is 0 Å². The lowest BCUT2D eigenvalue weighted by atomic mass is 9.77. The highest BCUT2D eigenvalue weighted by Gasteiger charge is 2.48. The summed E-state index contributed by atoms with van der Waals surface area (Å²) < 4.78 is 7.49. The minimum Gasteiger partial charge on any atom is -0.463 e. The summed E-state index contributed by atoms with van der Waals surface area (Å²) in [6.07, 6.45) is 5.86. The van der Waals surface area contributed by atoms with Gasteiger partial charge in [0.2, 0.25) is 5.91 Å². The van der Waals surface area contributed by atoms with Crippen molar-refractivity contribution in [3.63, 3.8) is 0 Å². The molecular weight excluding hydrogens is 378 g/mol. The number of carbonyl (C=O) groups excluding carboxylic acids is 2. The fourth-order valence-corrected chi connectivity index (χ4v) is 5.12. The van der Waals surface area contributed by atoms with Gasteiger partial charge in [-0.25, -0.2) is 0 Å². The average molecular weight is 414 g/mol. The molecule has 2 aromatic rings. The third kappa shape index (κ3) is 3.44. The van der Waals surface area contributed by atoms with E-state index in [1.165, 1.54) is 6.42 Å². The van der Waals surface area contributed by atoms with Crippen molar-refractivity contribution in [3.05, 3.63) is 24.1 Å². The van der Waals surface area contributed by atoms with E-state index in [4.69, 9.17) is 4.42 Å². The van der Waals surface area contributed by atoms with Gasteiger partial charge in [0, 0.05) is 24.7 Å². The summed E-state index contributed by atoms with van der Waals surface area (Å²) in [5.74, 6) is 1.37. The number of furan rings is 1. The molecule has 2 amide bonds. The zero-order valence-electron chi connectivity index (χ0n) is 18.9. The third-order valence-corrected chi connectivity index (χ3v) is 7.49. The van der Waals surface area contributed by atoms with Crippen LogP contribution in [-0.4, -0.2) is 39.4 Å². The Labute approximate surface area is 179 Å². The van der Waals surface area contributed by atoms with Gasteiger partial charge in [-0.15, -0.1) is 0 Å². The summed E-state index contributed by atoms with van der Waals surface area (Å²) in [4.78, 5) is 29.0. The Balaban J connectivity index is 1.67. The Bertz CT molecular complexity index is 943. The summed E-state index contributed by atoms with van der Waals surface area (Å²) in [6.45, 7) is 11.7. The lowest BCUT2D eigenvalue weighted by molar-refractivity contribution is -0.134. The second-order valence-corrected chi connectivity index (χ2v) is 10.0. The van der Waals surface area contributed by atoms with Crippen LogP contribution in [0, 0.1) is 17.8 Å². The van der Waals surface area contributed by atoms with Gasteiger partial charge in [0.15, 0.2) is 5.58 Å². The minimum atomic E-state index is -0.928. The first-order valence-electron chi connectivity index (χ1n) is 11.4. The second kappa shape index (κ2) is 7.78. The molecule has 4 atom stereocenters. The van der Waals surface area contributed by atoms with E-state index in [1.54, 1.807) is 11.2 Å². The van der Waals surface area contributed by atoms with Gasteiger partial charge < -0.3 is 19.2 Å². The molecule has 1 aliphatic heterocycles. The number of nitrogens with zero attached hydrogens (tertiary/aromatic N) is 2. The largest absolute Gasteiger partial charge is 0.463 e. The van der Waals surface area contributed by atoms with Gasteiger partial charge in [0.1, 0.15) is 11.2 Å². The van der Waals surface area contributed by atoms with Crippen LogP contribution in [-0.2, 0) is 11.3 Å². The van der Waals surface area contributed by atoms with Gasteiger partial charge in [-0.3, -0.25) is 9.59 Å². The number of aromatic nitrogens is 1. The van der Waals surface area contributed by atoms with E-state index >= 15 is 0 Å². The second-order valence-electron chi connectivity index (χ2n) is 10.0. The predicted molar refractivity (Wildman–Crippen MR) is 117 cm³/mol. The maximum absolute atomic E-state index is 13.7. The molecule has 1 fully saturated rings. The van der Waals surface area contributed by atoms with E-state index in [0.29, 0.717) is 42.1 Å². The molecule has 0 saturated heterocycles. The molecule has 0 aromatic carbocycles. The first kappa shape index (κ1) is 21.0. The number of carbonyl (C=O) groups is 2. The molecule has 1 N–H and O–H groups in total. The summed E-state index contributed by atoms with van der Waals surface area (Å²) in [7, 11) is 0. The Hall–Kier alpha value is -2.24. The molecule has 2 aliphatic rings. The Morgan fingerprint density at radius 1 is 1.33 bits per heavy atom. The van der Waals surface area contributed by atoms with E-state index < -0.39 is 5.54 Å². The zero-order chi connectivity index (χ0) is 21.6. The normalized spacial score (nSPS) is 29.5. The molecule has 164 valence electrons. The molecule has 0 unspecified atom stereocenters. The molecule has 1 aliphatic carbocycles. The van der Waals surface area contributed by atoms with E-state index in [9.17, 15) is 9.59 Å². The molecule has 3 heterocycles. The topological polar surface area (TPSA) is 67.5 Å². The van der Waals surface area contributed by atoms with Crippen LogP contribution in [0.3, 0.4) is 0 Å². The van der Waals surface area contributed by atoms with Crippen LogP contribution in [0.5, 0.6) is 0 Å². The molecule has 0 radical (unpaired) electrons. The number of hydrogen-bond donors (Lipinski definition) is 1. The predicted octanol–water partition coefficient (Wildman–Crippen LogP) is 4.44. The van der Waals surface area contributed by atoms with E-state index in [0.717, 1.165) is 24.8 Å². The maximum atomic E-state index is 13.7. The number of amides is 2. The lowest BCUT2D eigenvalue weighted by Crippen LogP contribution is -2.65. The van der Waals surface area contributed by atoms with Crippen LogP contribution in [0.15, 0.2) is 22.8 Å². The number of fused-ring (bicyclic) bond motifs is 3. The average Bonchev–Trinajstić information content (AvgIpc) is 3.27. The zero-order valence-corrected chi connectivity index (χ0v) is 18.9. The highest BCUT2D eigenvalue weighted by Crippen LogP contribution is 2.35. The van der Waals surface area contributed by atoms with Crippen molar-refractivity contribution in [2.75, 3.05) is 6.54 Å². The number of hydrogen-bond acceptors (Lipinski definition) is 3. The third-order valence-electron chi connectivity index (χ3n) is 7.49. The van der Waals surface area contributed by atoms with Gasteiger partial charge in [-0.1, -0.05) is 40.5 Å². The number of nitrogens with one attached hydrogen (secondary N) is 1. The Morgan fingerprint density at radius 3 is 2.83 bits per heavy atom. The van der Waals surface area contributed by atoms with Crippen LogP contribution < -0.4 is 5.32 Å². The van der Waals surface area contributed by atoms with E-state index in [2.05, 4.69) is 33.0 Å². The van der Waals surface area contributed by atoms with Gasteiger partial charge in [-0.05, 0) is 37.5 Å². The minimum absolute atomic E-state index is 0.0402. The first-order chi connectivity index (χ1) is 14.2. The maximum Gasteiger partial charge on any atom is 0.271 e. The molecular formula is C24H35N3O3. The molecule has 6 heteroatoms. The van der Waals surface area contributed by atoms with Crippen LogP contribution in [0.2, 0.25) is 0 Å². The smallest absolute Gasteiger partial charge is 0.271 e. The van der Waals surface area contributed by atoms with Crippen LogP contribution in [0.4, 0.5) is 0 Å². The standard InChI is InChI=1S/C24H35N3O3/c1-15(2)9-11-27-22(28)20-13-21-19(10-12-30-21)26(20)14-24(27,5)23(29)25-18-8-6-7-16(3)17(18)4/h10,12-13,15-18H,6-9,11,14H2,1-5H3,(H,25,29)/t16-,17+,18+,24+/m0/s1. The highest BCUT2D eigenvalue weighted by molar-refractivity contribution is 6.02. The fraction of sp³-hybridized carbons (Fsp3) is 0.667. The van der Waals surface area contributed by atoms with Crippen molar-refractivity contribution in [2.45, 2.75) is 78.4 Å². The quantitative estimate of drug-likeness (QED) is 0.788.